The Bertz CT molecular complexity index is 574. The van der Waals surface area contributed by atoms with Crippen molar-refractivity contribution in [2.45, 2.75) is 12.8 Å². The molecule has 0 aliphatic rings. The van der Waals surface area contributed by atoms with E-state index in [1.807, 2.05) is 12.1 Å². The molecule has 2 aromatic heterocycles. The fourth-order valence-electron chi connectivity index (χ4n) is 1.45. The van der Waals surface area contributed by atoms with Gasteiger partial charge in [-0.1, -0.05) is 0 Å². The normalized spacial score (nSPS) is 10.2. The van der Waals surface area contributed by atoms with Gasteiger partial charge in [-0.15, -0.1) is 0 Å². The van der Waals surface area contributed by atoms with Crippen LogP contribution in [-0.2, 0) is 12.8 Å². The maximum absolute atomic E-state index is 11.5. The Morgan fingerprint density at radius 2 is 2.00 bits per heavy atom. The average molecular weight is 233 g/mol. The number of pyridine rings is 1. The van der Waals surface area contributed by atoms with E-state index < -0.39 is 0 Å². The van der Waals surface area contributed by atoms with E-state index in [0.717, 1.165) is 12.0 Å². The number of H-pyrrole nitrogens is 2. The van der Waals surface area contributed by atoms with E-state index in [1.54, 1.807) is 18.6 Å². The van der Waals surface area contributed by atoms with Gasteiger partial charge < -0.3 is 4.98 Å². The molecule has 0 fully saturated rings. The second-order valence-electron chi connectivity index (χ2n) is 3.45. The Morgan fingerprint density at radius 1 is 1.25 bits per heavy atom. The second-order valence-corrected chi connectivity index (χ2v) is 3.86. The first-order chi connectivity index (χ1) is 7.75. The third kappa shape index (κ3) is 2.64. The summed E-state index contributed by atoms with van der Waals surface area (Å²) in [6.07, 6.45) is 6.67. The van der Waals surface area contributed by atoms with Gasteiger partial charge >= 0.3 is 0 Å². The van der Waals surface area contributed by atoms with Crippen LogP contribution in [0.5, 0.6) is 0 Å². The third-order valence-electron chi connectivity index (χ3n) is 2.33. The fourth-order valence-corrected chi connectivity index (χ4v) is 1.60. The van der Waals surface area contributed by atoms with Crippen molar-refractivity contribution in [1.29, 1.82) is 0 Å². The lowest BCUT2D eigenvalue weighted by Crippen LogP contribution is -2.14. The number of nitrogens with one attached hydrogen (secondary N) is 2. The Kier molecular flexibility index (Phi) is 3.26. The molecular formula is C11H11N3OS. The number of aromatic nitrogens is 3. The lowest BCUT2D eigenvalue weighted by Gasteiger charge is -2.00. The topological polar surface area (TPSA) is 61.5 Å². The van der Waals surface area contributed by atoms with Gasteiger partial charge in [-0.05, 0) is 42.8 Å². The van der Waals surface area contributed by atoms with Crippen LogP contribution in [0.2, 0.25) is 0 Å². The summed E-state index contributed by atoms with van der Waals surface area (Å²) >= 11 is 4.82. The molecule has 0 radical (unpaired) electrons. The van der Waals surface area contributed by atoms with Crippen LogP contribution >= 0.6 is 12.2 Å². The Hall–Kier alpha value is -1.75. The minimum absolute atomic E-state index is 0.113. The third-order valence-corrected chi connectivity index (χ3v) is 2.55. The number of aryl methyl sites for hydroxylation is 2. The quantitative estimate of drug-likeness (QED) is 0.792. The van der Waals surface area contributed by atoms with Crippen molar-refractivity contribution < 1.29 is 0 Å². The van der Waals surface area contributed by atoms with Crippen molar-refractivity contribution >= 4 is 12.2 Å². The predicted octanol–water partition coefficient (Wildman–Crippen LogP) is 1.61. The van der Waals surface area contributed by atoms with Crippen LogP contribution < -0.4 is 5.56 Å². The number of aromatic amines is 2. The van der Waals surface area contributed by atoms with Crippen LogP contribution in [0.3, 0.4) is 0 Å². The minimum atomic E-state index is -0.113. The SMILES string of the molecule is O=c1[nH]c(=S)[nH]cc1CCc1ccncc1. The van der Waals surface area contributed by atoms with Gasteiger partial charge in [-0.3, -0.25) is 14.8 Å². The molecule has 5 heteroatoms. The monoisotopic (exact) mass is 233 g/mol. The molecule has 2 rings (SSSR count). The molecule has 16 heavy (non-hydrogen) atoms. The van der Waals surface area contributed by atoms with E-state index in [-0.39, 0.29) is 5.56 Å². The van der Waals surface area contributed by atoms with E-state index in [1.165, 1.54) is 0 Å². The molecular weight excluding hydrogens is 222 g/mol. The van der Waals surface area contributed by atoms with Crippen LogP contribution in [0.15, 0.2) is 35.5 Å². The van der Waals surface area contributed by atoms with E-state index in [0.29, 0.717) is 16.8 Å². The molecule has 4 nitrogen and oxygen atoms in total. The van der Waals surface area contributed by atoms with Gasteiger partial charge in [-0.25, -0.2) is 0 Å². The van der Waals surface area contributed by atoms with Crippen LogP contribution in [0.4, 0.5) is 0 Å². The highest BCUT2D eigenvalue weighted by atomic mass is 32.1. The van der Waals surface area contributed by atoms with Gasteiger partial charge in [-0.2, -0.15) is 0 Å². The second kappa shape index (κ2) is 4.85. The average Bonchev–Trinajstić information content (AvgIpc) is 2.29. The van der Waals surface area contributed by atoms with Crippen molar-refractivity contribution in [1.82, 2.24) is 15.0 Å². The molecule has 2 heterocycles. The zero-order valence-electron chi connectivity index (χ0n) is 8.56. The Morgan fingerprint density at radius 3 is 2.69 bits per heavy atom. The summed E-state index contributed by atoms with van der Waals surface area (Å²) in [4.78, 5) is 20.8. The van der Waals surface area contributed by atoms with Gasteiger partial charge in [0.2, 0.25) is 0 Å². The number of rotatable bonds is 3. The van der Waals surface area contributed by atoms with Crippen LogP contribution in [0.1, 0.15) is 11.1 Å². The van der Waals surface area contributed by atoms with E-state index >= 15 is 0 Å². The number of hydrogen-bond donors (Lipinski definition) is 2. The summed E-state index contributed by atoms with van der Waals surface area (Å²) in [5.74, 6) is 0. The van der Waals surface area contributed by atoms with Gasteiger partial charge in [0.25, 0.3) is 5.56 Å². The molecule has 0 aromatic carbocycles. The Labute approximate surface area is 97.4 Å². The minimum Gasteiger partial charge on any atom is -0.338 e. The zero-order chi connectivity index (χ0) is 11.4. The first kappa shape index (κ1) is 10.8. The predicted molar refractivity (Wildman–Crippen MR) is 63.9 cm³/mol. The molecule has 2 aromatic rings. The Balaban J connectivity index is 2.11. The van der Waals surface area contributed by atoms with Crippen molar-refractivity contribution in [3.8, 4) is 0 Å². The molecule has 0 aliphatic heterocycles. The van der Waals surface area contributed by atoms with Crippen molar-refractivity contribution in [3.63, 3.8) is 0 Å². The summed E-state index contributed by atoms with van der Waals surface area (Å²) < 4.78 is 0.359. The smallest absolute Gasteiger partial charge is 0.254 e. The van der Waals surface area contributed by atoms with Gasteiger partial charge in [0, 0.05) is 24.2 Å². The first-order valence-electron chi connectivity index (χ1n) is 4.95. The molecule has 0 unspecified atom stereocenters. The lowest BCUT2D eigenvalue weighted by atomic mass is 10.1. The van der Waals surface area contributed by atoms with E-state index in [2.05, 4.69) is 15.0 Å². The van der Waals surface area contributed by atoms with Crippen molar-refractivity contribution in [2.75, 3.05) is 0 Å². The summed E-state index contributed by atoms with van der Waals surface area (Å²) in [6, 6.07) is 3.89. The molecule has 0 bridgehead atoms. The van der Waals surface area contributed by atoms with Crippen LogP contribution in [-0.4, -0.2) is 15.0 Å². The highest BCUT2D eigenvalue weighted by Gasteiger charge is 2.00. The molecule has 82 valence electrons. The van der Waals surface area contributed by atoms with Crippen LogP contribution in [0.25, 0.3) is 0 Å². The summed E-state index contributed by atoms with van der Waals surface area (Å²) in [5, 5.41) is 0. The van der Waals surface area contributed by atoms with Gasteiger partial charge in [0.05, 0.1) is 0 Å². The zero-order valence-corrected chi connectivity index (χ0v) is 9.38. The van der Waals surface area contributed by atoms with E-state index in [9.17, 15) is 4.79 Å². The van der Waals surface area contributed by atoms with Crippen LogP contribution in [0, 0.1) is 4.77 Å². The largest absolute Gasteiger partial charge is 0.338 e. The highest BCUT2D eigenvalue weighted by molar-refractivity contribution is 7.71. The van der Waals surface area contributed by atoms with Gasteiger partial charge in [0.15, 0.2) is 4.77 Å². The fraction of sp³-hybridized carbons (Fsp3) is 0.182. The molecule has 0 atom stereocenters. The maximum atomic E-state index is 11.5. The molecule has 2 N–H and O–H groups in total. The molecule has 0 spiro atoms. The van der Waals surface area contributed by atoms with Crippen molar-refractivity contribution in [2.24, 2.45) is 0 Å². The molecule has 0 saturated carbocycles. The molecule has 0 saturated heterocycles. The van der Waals surface area contributed by atoms with Gasteiger partial charge in [0.1, 0.15) is 0 Å². The summed E-state index contributed by atoms with van der Waals surface area (Å²) in [7, 11) is 0. The number of nitrogens with zero attached hydrogens (tertiary/aromatic N) is 1. The first-order valence-corrected chi connectivity index (χ1v) is 5.36. The summed E-state index contributed by atoms with van der Waals surface area (Å²) in [5.41, 5.74) is 1.76. The number of hydrogen-bond acceptors (Lipinski definition) is 3. The standard InChI is InChI=1S/C11H11N3OS/c15-10-9(7-13-11(16)14-10)2-1-8-3-5-12-6-4-8/h3-7H,1-2H2,(H2,13,14,15,16). The lowest BCUT2D eigenvalue weighted by molar-refractivity contribution is 0.905. The summed E-state index contributed by atoms with van der Waals surface area (Å²) in [6.45, 7) is 0. The molecule has 0 amide bonds. The van der Waals surface area contributed by atoms with Crippen molar-refractivity contribution in [3.05, 3.63) is 57.0 Å². The highest BCUT2D eigenvalue weighted by Crippen LogP contribution is 2.01. The maximum Gasteiger partial charge on any atom is 0.254 e. The van der Waals surface area contributed by atoms with E-state index in [4.69, 9.17) is 12.2 Å². The molecule has 0 aliphatic carbocycles.